The zero-order chi connectivity index (χ0) is 17.3. The van der Waals surface area contributed by atoms with Crippen LogP contribution in [0.3, 0.4) is 0 Å². The molecule has 1 fully saturated rings. The maximum Gasteiger partial charge on any atom is 0.252 e. The predicted molar refractivity (Wildman–Crippen MR) is 99.1 cm³/mol. The molecule has 0 aliphatic carbocycles. The van der Waals surface area contributed by atoms with E-state index < -0.39 is 15.6 Å². The van der Waals surface area contributed by atoms with E-state index in [-0.39, 0.29) is 30.8 Å². The third-order valence-corrected chi connectivity index (χ3v) is 7.12. The monoisotopic (exact) mass is 395 g/mol. The summed E-state index contributed by atoms with van der Waals surface area (Å²) in [7, 11) is -3.50. The molecule has 6 nitrogen and oxygen atoms in total. The lowest BCUT2D eigenvalue weighted by Gasteiger charge is -2.31. The molecule has 0 spiro atoms. The van der Waals surface area contributed by atoms with Crippen LogP contribution in [0, 0.1) is 12.8 Å². The minimum Gasteiger partial charge on any atom is -0.354 e. The van der Waals surface area contributed by atoms with Crippen LogP contribution in [-0.4, -0.2) is 43.8 Å². The first-order valence-corrected chi connectivity index (χ1v) is 9.98. The van der Waals surface area contributed by atoms with Crippen LogP contribution in [0.2, 0.25) is 0 Å². The predicted octanol–water partition coefficient (Wildman–Crippen LogP) is 1.73. The van der Waals surface area contributed by atoms with Gasteiger partial charge in [-0.1, -0.05) is 0 Å². The highest BCUT2D eigenvalue weighted by molar-refractivity contribution is 7.91. The smallest absolute Gasteiger partial charge is 0.252 e. The van der Waals surface area contributed by atoms with Crippen molar-refractivity contribution in [3.05, 3.63) is 17.0 Å². The van der Waals surface area contributed by atoms with Crippen LogP contribution >= 0.6 is 23.7 Å². The molecule has 0 bridgehead atoms. The quantitative estimate of drug-likeness (QED) is 0.794. The first-order chi connectivity index (χ1) is 10.6. The standard InChI is InChI=1S/C15H25N3O3S2.ClH/c1-11-6-7-13(22-11)23(20,21)18-8-4-5-12(9-18)14(19)17-10-15(2,3)16;/h6-7,12H,4-5,8-10,16H2,1-3H3,(H,17,19);1H. The largest absolute Gasteiger partial charge is 0.354 e. The molecule has 1 atom stereocenters. The van der Waals surface area contributed by atoms with E-state index in [1.807, 2.05) is 20.8 Å². The van der Waals surface area contributed by atoms with Gasteiger partial charge in [0.05, 0.1) is 5.92 Å². The zero-order valence-electron chi connectivity index (χ0n) is 14.2. The number of hydrogen-bond donors (Lipinski definition) is 2. The van der Waals surface area contributed by atoms with Gasteiger partial charge in [-0.25, -0.2) is 8.42 Å². The van der Waals surface area contributed by atoms with Crippen molar-refractivity contribution in [1.29, 1.82) is 0 Å². The number of amides is 1. The normalized spacial score (nSPS) is 19.6. The summed E-state index contributed by atoms with van der Waals surface area (Å²) in [6.45, 7) is 6.62. The summed E-state index contributed by atoms with van der Waals surface area (Å²) < 4.78 is 27.1. The van der Waals surface area contributed by atoms with Gasteiger partial charge in [0.15, 0.2) is 0 Å². The summed E-state index contributed by atoms with van der Waals surface area (Å²) >= 11 is 1.26. The lowest BCUT2D eigenvalue weighted by atomic mass is 9.98. The summed E-state index contributed by atoms with van der Waals surface area (Å²) in [6, 6.07) is 3.44. The molecule has 2 heterocycles. The van der Waals surface area contributed by atoms with E-state index in [2.05, 4.69) is 5.32 Å². The number of halogens is 1. The molecule has 9 heteroatoms. The molecular formula is C15H26ClN3O3S2. The van der Waals surface area contributed by atoms with E-state index in [9.17, 15) is 13.2 Å². The maximum absolute atomic E-state index is 12.7. The molecule has 1 aromatic heterocycles. The summed E-state index contributed by atoms with van der Waals surface area (Å²) in [4.78, 5) is 13.2. The Hall–Kier alpha value is -0.670. The Balaban J connectivity index is 0.00000288. The Labute approximate surface area is 154 Å². The lowest BCUT2D eigenvalue weighted by molar-refractivity contribution is -0.126. The summed E-state index contributed by atoms with van der Waals surface area (Å²) in [5.41, 5.74) is 5.39. The number of nitrogens with two attached hydrogens (primary N) is 1. The highest BCUT2D eigenvalue weighted by Gasteiger charge is 2.34. The highest BCUT2D eigenvalue weighted by Crippen LogP contribution is 2.28. The minimum atomic E-state index is -3.50. The number of piperidine rings is 1. The Morgan fingerprint density at radius 3 is 2.67 bits per heavy atom. The van der Waals surface area contributed by atoms with Crippen molar-refractivity contribution in [2.75, 3.05) is 19.6 Å². The van der Waals surface area contributed by atoms with Crippen LogP contribution in [0.5, 0.6) is 0 Å². The molecule has 3 N–H and O–H groups in total. The van der Waals surface area contributed by atoms with Crippen molar-refractivity contribution >= 4 is 39.7 Å². The molecular weight excluding hydrogens is 370 g/mol. The Morgan fingerprint density at radius 2 is 2.12 bits per heavy atom. The number of carbonyl (C=O) groups is 1. The molecule has 24 heavy (non-hydrogen) atoms. The second-order valence-electron chi connectivity index (χ2n) is 6.77. The molecule has 1 unspecified atom stereocenters. The average molecular weight is 396 g/mol. The van der Waals surface area contributed by atoms with E-state index >= 15 is 0 Å². The fraction of sp³-hybridized carbons (Fsp3) is 0.667. The third-order valence-electron chi connectivity index (χ3n) is 3.78. The van der Waals surface area contributed by atoms with Gasteiger partial charge in [-0.05, 0) is 45.7 Å². The summed E-state index contributed by atoms with van der Waals surface area (Å²) in [5, 5.41) is 2.83. The number of aryl methyl sites for hydroxylation is 1. The number of carbonyl (C=O) groups excluding carboxylic acids is 1. The fourth-order valence-corrected chi connectivity index (χ4v) is 5.47. The van der Waals surface area contributed by atoms with Gasteiger partial charge in [-0.15, -0.1) is 23.7 Å². The first kappa shape index (κ1) is 21.4. The van der Waals surface area contributed by atoms with Crippen molar-refractivity contribution in [3.63, 3.8) is 0 Å². The average Bonchev–Trinajstić information content (AvgIpc) is 2.91. The van der Waals surface area contributed by atoms with Gasteiger partial charge in [-0.3, -0.25) is 4.79 Å². The minimum absolute atomic E-state index is 0. The molecule has 138 valence electrons. The summed E-state index contributed by atoms with van der Waals surface area (Å²) in [6.07, 6.45) is 1.39. The molecule has 0 saturated carbocycles. The highest BCUT2D eigenvalue weighted by atomic mass is 35.5. The van der Waals surface area contributed by atoms with E-state index in [0.717, 1.165) is 4.88 Å². The number of thiophene rings is 1. The van der Waals surface area contributed by atoms with Crippen LogP contribution in [0.25, 0.3) is 0 Å². The van der Waals surface area contributed by atoms with Crippen molar-refractivity contribution < 1.29 is 13.2 Å². The molecule has 1 aliphatic heterocycles. The molecule has 0 radical (unpaired) electrons. The maximum atomic E-state index is 12.7. The zero-order valence-corrected chi connectivity index (χ0v) is 16.7. The Bertz CT molecular complexity index is 668. The van der Waals surface area contributed by atoms with E-state index in [0.29, 0.717) is 30.1 Å². The number of hydrogen-bond acceptors (Lipinski definition) is 5. The number of rotatable bonds is 5. The SMILES string of the molecule is Cc1ccc(S(=O)(=O)N2CCCC(C(=O)NCC(C)(C)N)C2)s1.Cl. The van der Waals surface area contributed by atoms with Crippen molar-refractivity contribution in [3.8, 4) is 0 Å². The topological polar surface area (TPSA) is 92.5 Å². The molecule has 2 rings (SSSR count). The number of nitrogens with one attached hydrogen (secondary N) is 1. The number of nitrogens with zero attached hydrogens (tertiary/aromatic N) is 1. The second kappa shape index (κ2) is 8.14. The first-order valence-electron chi connectivity index (χ1n) is 7.73. The van der Waals surface area contributed by atoms with Crippen LogP contribution < -0.4 is 11.1 Å². The molecule has 1 aliphatic rings. The van der Waals surface area contributed by atoms with Crippen molar-refractivity contribution in [2.45, 2.75) is 43.4 Å². The van der Waals surface area contributed by atoms with Crippen molar-refractivity contribution in [2.24, 2.45) is 11.7 Å². The van der Waals surface area contributed by atoms with Gasteiger partial charge >= 0.3 is 0 Å². The van der Waals surface area contributed by atoms with E-state index in [4.69, 9.17) is 5.73 Å². The number of sulfonamides is 1. The Morgan fingerprint density at radius 1 is 1.46 bits per heavy atom. The van der Waals surface area contributed by atoms with Gasteiger partial charge in [0.1, 0.15) is 4.21 Å². The van der Waals surface area contributed by atoms with Crippen molar-refractivity contribution in [1.82, 2.24) is 9.62 Å². The van der Waals surface area contributed by atoms with Gasteiger partial charge in [0, 0.05) is 30.1 Å². The Kier molecular flexibility index (Phi) is 7.25. The fourth-order valence-electron chi connectivity index (χ4n) is 2.51. The van der Waals surface area contributed by atoms with Gasteiger partial charge in [0.2, 0.25) is 5.91 Å². The molecule has 1 saturated heterocycles. The van der Waals surface area contributed by atoms with Crippen LogP contribution in [-0.2, 0) is 14.8 Å². The van der Waals surface area contributed by atoms with Gasteiger partial charge < -0.3 is 11.1 Å². The van der Waals surface area contributed by atoms with Crippen LogP contribution in [0.1, 0.15) is 31.6 Å². The van der Waals surface area contributed by atoms with Gasteiger partial charge in [-0.2, -0.15) is 4.31 Å². The second-order valence-corrected chi connectivity index (χ2v) is 10.2. The molecule has 0 aromatic carbocycles. The van der Waals surface area contributed by atoms with Gasteiger partial charge in [0.25, 0.3) is 10.0 Å². The van der Waals surface area contributed by atoms with Crippen LogP contribution in [0.4, 0.5) is 0 Å². The summed E-state index contributed by atoms with van der Waals surface area (Å²) in [5.74, 6) is -0.437. The molecule has 1 amide bonds. The van der Waals surface area contributed by atoms with E-state index in [1.165, 1.54) is 15.6 Å². The van der Waals surface area contributed by atoms with Crippen LogP contribution in [0.15, 0.2) is 16.3 Å². The third kappa shape index (κ3) is 5.42. The lowest BCUT2D eigenvalue weighted by Crippen LogP contribution is -2.50. The molecule has 1 aromatic rings. The van der Waals surface area contributed by atoms with E-state index in [1.54, 1.807) is 12.1 Å².